The second kappa shape index (κ2) is 5.52. The summed E-state index contributed by atoms with van der Waals surface area (Å²) in [5.74, 6) is -1.69. The van der Waals surface area contributed by atoms with Gasteiger partial charge in [0, 0.05) is 12.2 Å². The molecule has 0 spiro atoms. The highest BCUT2D eigenvalue weighted by molar-refractivity contribution is 5.95. The van der Waals surface area contributed by atoms with E-state index >= 15 is 0 Å². The number of benzene rings is 2. The standard InChI is InChI=1S/C15H14FNO2/c1-2-17(12-6-4-3-5-7-12)14-9-8-11(16)10-13(14)15(18)19/h3-10H,2H2,1H3,(H,18,19). The van der Waals surface area contributed by atoms with Crippen LogP contribution < -0.4 is 4.90 Å². The second-order valence-electron chi connectivity index (χ2n) is 4.05. The van der Waals surface area contributed by atoms with Gasteiger partial charge in [0.15, 0.2) is 0 Å². The predicted octanol–water partition coefficient (Wildman–Crippen LogP) is 3.68. The summed E-state index contributed by atoms with van der Waals surface area (Å²) >= 11 is 0. The lowest BCUT2D eigenvalue weighted by Gasteiger charge is -2.24. The molecular weight excluding hydrogens is 245 g/mol. The van der Waals surface area contributed by atoms with Crippen molar-refractivity contribution in [2.45, 2.75) is 6.92 Å². The number of anilines is 2. The number of aromatic carboxylic acids is 1. The third-order valence-electron chi connectivity index (χ3n) is 2.86. The van der Waals surface area contributed by atoms with Gasteiger partial charge in [0.05, 0.1) is 11.3 Å². The van der Waals surface area contributed by atoms with E-state index < -0.39 is 11.8 Å². The monoisotopic (exact) mass is 259 g/mol. The molecule has 0 bridgehead atoms. The molecule has 19 heavy (non-hydrogen) atoms. The fourth-order valence-electron chi connectivity index (χ4n) is 2.01. The number of carbonyl (C=O) groups is 1. The Kier molecular flexibility index (Phi) is 3.80. The van der Waals surface area contributed by atoms with Gasteiger partial charge in [-0.1, -0.05) is 18.2 Å². The minimum absolute atomic E-state index is 0.0364. The van der Waals surface area contributed by atoms with Crippen molar-refractivity contribution in [1.29, 1.82) is 0 Å². The van der Waals surface area contributed by atoms with E-state index in [4.69, 9.17) is 0 Å². The molecule has 0 heterocycles. The first kappa shape index (κ1) is 13.1. The van der Waals surface area contributed by atoms with Crippen molar-refractivity contribution in [3.05, 3.63) is 59.9 Å². The van der Waals surface area contributed by atoms with Gasteiger partial charge in [-0.3, -0.25) is 0 Å². The molecule has 0 amide bonds. The van der Waals surface area contributed by atoms with Crippen LogP contribution in [0.4, 0.5) is 15.8 Å². The van der Waals surface area contributed by atoms with Crippen LogP contribution in [0.5, 0.6) is 0 Å². The van der Waals surface area contributed by atoms with Crippen LogP contribution in [0.1, 0.15) is 17.3 Å². The van der Waals surface area contributed by atoms with Gasteiger partial charge in [-0.2, -0.15) is 0 Å². The van der Waals surface area contributed by atoms with Gasteiger partial charge in [-0.15, -0.1) is 0 Å². The van der Waals surface area contributed by atoms with Crippen molar-refractivity contribution in [2.24, 2.45) is 0 Å². The van der Waals surface area contributed by atoms with E-state index in [1.165, 1.54) is 12.1 Å². The summed E-state index contributed by atoms with van der Waals surface area (Å²) in [5, 5.41) is 9.19. The zero-order chi connectivity index (χ0) is 13.8. The minimum Gasteiger partial charge on any atom is -0.478 e. The molecular formula is C15H14FNO2. The Labute approximate surface area is 110 Å². The van der Waals surface area contributed by atoms with Gasteiger partial charge < -0.3 is 10.0 Å². The smallest absolute Gasteiger partial charge is 0.337 e. The van der Waals surface area contributed by atoms with Gasteiger partial charge in [0.2, 0.25) is 0 Å². The quantitative estimate of drug-likeness (QED) is 0.910. The Hall–Kier alpha value is -2.36. The summed E-state index contributed by atoms with van der Waals surface area (Å²) in [6, 6.07) is 13.2. The number of carboxylic acids is 1. The summed E-state index contributed by atoms with van der Waals surface area (Å²) in [7, 11) is 0. The Morgan fingerprint density at radius 3 is 2.47 bits per heavy atom. The van der Waals surface area contributed by atoms with Gasteiger partial charge in [0.25, 0.3) is 0 Å². The van der Waals surface area contributed by atoms with E-state index in [9.17, 15) is 14.3 Å². The molecule has 3 nitrogen and oxygen atoms in total. The van der Waals surface area contributed by atoms with E-state index in [1.807, 2.05) is 42.2 Å². The summed E-state index contributed by atoms with van der Waals surface area (Å²) in [4.78, 5) is 13.1. The second-order valence-corrected chi connectivity index (χ2v) is 4.05. The highest BCUT2D eigenvalue weighted by Crippen LogP contribution is 2.28. The van der Waals surface area contributed by atoms with E-state index in [0.717, 1.165) is 11.8 Å². The zero-order valence-electron chi connectivity index (χ0n) is 10.5. The molecule has 0 fully saturated rings. The van der Waals surface area contributed by atoms with Crippen molar-refractivity contribution in [2.75, 3.05) is 11.4 Å². The number of hydrogen-bond acceptors (Lipinski definition) is 2. The lowest BCUT2D eigenvalue weighted by atomic mass is 10.1. The summed E-state index contributed by atoms with van der Waals surface area (Å²) in [6.45, 7) is 2.51. The fourth-order valence-corrected chi connectivity index (χ4v) is 2.01. The van der Waals surface area contributed by atoms with Crippen LogP contribution in [0.2, 0.25) is 0 Å². The molecule has 98 valence electrons. The molecule has 0 aliphatic rings. The Morgan fingerprint density at radius 2 is 1.89 bits per heavy atom. The highest BCUT2D eigenvalue weighted by Gasteiger charge is 2.17. The van der Waals surface area contributed by atoms with Crippen LogP contribution >= 0.6 is 0 Å². The fraction of sp³-hybridized carbons (Fsp3) is 0.133. The molecule has 0 saturated heterocycles. The molecule has 2 rings (SSSR count). The molecule has 0 unspecified atom stereocenters. The van der Waals surface area contributed by atoms with Crippen LogP contribution in [0.25, 0.3) is 0 Å². The molecule has 2 aromatic carbocycles. The summed E-state index contributed by atoms with van der Waals surface area (Å²) in [6.07, 6.45) is 0. The van der Waals surface area contributed by atoms with Crippen molar-refractivity contribution in [3.63, 3.8) is 0 Å². The number of carboxylic acid groups (broad SMARTS) is 1. The van der Waals surface area contributed by atoms with Crippen molar-refractivity contribution < 1.29 is 14.3 Å². The van der Waals surface area contributed by atoms with Gasteiger partial charge in [-0.25, -0.2) is 9.18 Å². The average molecular weight is 259 g/mol. The first-order valence-corrected chi connectivity index (χ1v) is 5.99. The molecule has 0 radical (unpaired) electrons. The Balaban J connectivity index is 2.53. The largest absolute Gasteiger partial charge is 0.478 e. The molecule has 4 heteroatoms. The summed E-state index contributed by atoms with van der Waals surface area (Å²) in [5.41, 5.74) is 1.33. The Bertz CT molecular complexity index is 584. The summed E-state index contributed by atoms with van der Waals surface area (Å²) < 4.78 is 13.2. The third-order valence-corrected chi connectivity index (χ3v) is 2.86. The van der Waals surface area contributed by atoms with Gasteiger partial charge in [0.1, 0.15) is 5.82 Å². The van der Waals surface area contributed by atoms with Crippen molar-refractivity contribution in [3.8, 4) is 0 Å². The lowest BCUT2D eigenvalue weighted by Crippen LogP contribution is -2.19. The first-order chi connectivity index (χ1) is 9.13. The molecule has 0 aliphatic heterocycles. The average Bonchev–Trinajstić information content (AvgIpc) is 2.42. The zero-order valence-corrected chi connectivity index (χ0v) is 10.5. The number of para-hydroxylation sites is 1. The van der Waals surface area contributed by atoms with Crippen LogP contribution in [0, 0.1) is 5.82 Å². The third kappa shape index (κ3) is 2.73. The lowest BCUT2D eigenvalue weighted by molar-refractivity contribution is 0.0697. The van der Waals surface area contributed by atoms with Gasteiger partial charge in [-0.05, 0) is 37.3 Å². The maximum Gasteiger partial charge on any atom is 0.337 e. The van der Waals surface area contributed by atoms with Crippen molar-refractivity contribution in [1.82, 2.24) is 0 Å². The SMILES string of the molecule is CCN(c1ccccc1)c1ccc(F)cc1C(=O)O. The van der Waals surface area contributed by atoms with Crippen LogP contribution in [0.3, 0.4) is 0 Å². The van der Waals surface area contributed by atoms with E-state index in [2.05, 4.69) is 0 Å². The van der Waals surface area contributed by atoms with Crippen LogP contribution in [0.15, 0.2) is 48.5 Å². The van der Waals surface area contributed by atoms with E-state index in [0.29, 0.717) is 12.2 Å². The van der Waals surface area contributed by atoms with Crippen molar-refractivity contribution >= 4 is 17.3 Å². The molecule has 0 saturated carbocycles. The Morgan fingerprint density at radius 1 is 1.21 bits per heavy atom. The molecule has 0 aromatic heterocycles. The molecule has 0 atom stereocenters. The molecule has 0 aliphatic carbocycles. The number of rotatable bonds is 4. The maximum atomic E-state index is 13.2. The molecule has 1 N–H and O–H groups in total. The minimum atomic E-state index is -1.14. The number of halogens is 1. The topological polar surface area (TPSA) is 40.5 Å². The van der Waals surface area contributed by atoms with E-state index in [-0.39, 0.29) is 5.56 Å². The predicted molar refractivity (Wildman–Crippen MR) is 72.5 cm³/mol. The van der Waals surface area contributed by atoms with Crippen LogP contribution in [-0.2, 0) is 0 Å². The molecule has 2 aromatic rings. The maximum absolute atomic E-state index is 13.2. The number of nitrogens with zero attached hydrogens (tertiary/aromatic N) is 1. The van der Waals surface area contributed by atoms with E-state index in [1.54, 1.807) is 0 Å². The van der Waals surface area contributed by atoms with Crippen LogP contribution in [-0.4, -0.2) is 17.6 Å². The highest BCUT2D eigenvalue weighted by atomic mass is 19.1. The van der Waals surface area contributed by atoms with Gasteiger partial charge >= 0.3 is 5.97 Å². The normalized spacial score (nSPS) is 10.2. The number of hydrogen-bond donors (Lipinski definition) is 1. The first-order valence-electron chi connectivity index (χ1n) is 5.99.